The fourth-order valence-corrected chi connectivity index (χ4v) is 2.09. The maximum Gasteiger partial charge on any atom is 0.244 e. The monoisotopic (exact) mass is 308 g/mol. The van der Waals surface area contributed by atoms with E-state index in [4.69, 9.17) is 0 Å². The van der Waals surface area contributed by atoms with Crippen LogP contribution in [0.4, 0.5) is 5.69 Å². The summed E-state index contributed by atoms with van der Waals surface area (Å²) in [7, 11) is 0. The lowest BCUT2D eigenvalue weighted by Gasteiger charge is -2.03. The van der Waals surface area contributed by atoms with Crippen LogP contribution in [-0.2, 0) is 16.0 Å². The fraction of sp³-hybridized carbons (Fsp3) is 0.158. The van der Waals surface area contributed by atoms with Gasteiger partial charge in [0.25, 0.3) is 0 Å². The molecule has 0 aliphatic heterocycles. The van der Waals surface area contributed by atoms with Gasteiger partial charge in [-0.1, -0.05) is 42.5 Å². The van der Waals surface area contributed by atoms with Gasteiger partial charge in [-0.05, 0) is 35.8 Å². The maximum atomic E-state index is 11.8. The number of amides is 2. The molecule has 2 aromatic rings. The van der Waals surface area contributed by atoms with Gasteiger partial charge in [-0.3, -0.25) is 9.59 Å². The second-order valence-electron chi connectivity index (χ2n) is 5.16. The molecule has 2 rings (SSSR count). The Labute approximate surface area is 136 Å². The van der Waals surface area contributed by atoms with E-state index in [9.17, 15) is 9.59 Å². The number of benzene rings is 2. The van der Waals surface area contributed by atoms with Gasteiger partial charge in [-0.15, -0.1) is 0 Å². The number of nitrogens with one attached hydrogen (secondary N) is 2. The normalized spacial score (nSPS) is 10.5. The third-order valence-electron chi connectivity index (χ3n) is 3.21. The predicted octanol–water partition coefficient (Wildman–Crippen LogP) is 3.02. The van der Waals surface area contributed by atoms with Crippen molar-refractivity contribution >= 4 is 23.6 Å². The Bertz CT molecular complexity index is 676. The van der Waals surface area contributed by atoms with E-state index < -0.39 is 0 Å². The molecule has 4 heteroatoms. The number of carbonyl (C=O) groups is 2. The van der Waals surface area contributed by atoms with Crippen LogP contribution < -0.4 is 10.6 Å². The van der Waals surface area contributed by atoms with Gasteiger partial charge >= 0.3 is 0 Å². The smallest absolute Gasteiger partial charge is 0.244 e. The molecular formula is C19H20N2O2. The zero-order chi connectivity index (χ0) is 16.5. The molecule has 0 aliphatic rings. The van der Waals surface area contributed by atoms with Crippen molar-refractivity contribution in [3.8, 4) is 0 Å². The van der Waals surface area contributed by atoms with Crippen molar-refractivity contribution < 1.29 is 9.59 Å². The van der Waals surface area contributed by atoms with Crippen molar-refractivity contribution in [2.75, 3.05) is 11.9 Å². The minimum Gasteiger partial charge on any atom is -0.352 e. The topological polar surface area (TPSA) is 58.2 Å². The van der Waals surface area contributed by atoms with Gasteiger partial charge in [0.1, 0.15) is 0 Å². The summed E-state index contributed by atoms with van der Waals surface area (Å²) in [6.45, 7) is 2.07. The van der Waals surface area contributed by atoms with E-state index in [2.05, 4.69) is 10.6 Å². The van der Waals surface area contributed by atoms with E-state index in [-0.39, 0.29) is 11.8 Å². The fourth-order valence-electron chi connectivity index (χ4n) is 2.09. The number of anilines is 1. The lowest BCUT2D eigenvalue weighted by Crippen LogP contribution is -2.23. The largest absolute Gasteiger partial charge is 0.352 e. The van der Waals surface area contributed by atoms with Gasteiger partial charge in [0.15, 0.2) is 0 Å². The van der Waals surface area contributed by atoms with Crippen LogP contribution in [0.3, 0.4) is 0 Å². The molecule has 0 heterocycles. The maximum absolute atomic E-state index is 11.8. The third-order valence-corrected chi connectivity index (χ3v) is 3.21. The van der Waals surface area contributed by atoms with Crippen molar-refractivity contribution in [3.63, 3.8) is 0 Å². The molecule has 0 unspecified atom stereocenters. The molecule has 0 fully saturated rings. The first-order chi connectivity index (χ1) is 11.1. The van der Waals surface area contributed by atoms with Crippen LogP contribution in [0.5, 0.6) is 0 Å². The highest BCUT2D eigenvalue weighted by molar-refractivity contribution is 5.92. The molecule has 0 radical (unpaired) electrons. The summed E-state index contributed by atoms with van der Waals surface area (Å²) in [6, 6.07) is 17.3. The average molecular weight is 308 g/mol. The SMILES string of the molecule is CC(=O)Nc1ccc(/C=C/C(=O)NCCc2ccccc2)cc1. The van der Waals surface area contributed by atoms with Gasteiger partial charge in [-0.2, -0.15) is 0 Å². The molecule has 0 saturated heterocycles. The molecule has 0 saturated carbocycles. The zero-order valence-electron chi connectivity index (χ0n) is 13.1. The molecule has 0 bridgehead atoms. The molecule has 118 valence electrons. The summed E-state index contributed by atoms with van der Waals surface area (Å²) in [6.07, 6.45) is 4.07. The van der Waals surface area contributed by atoms with Gasteiger partial charge in [0, 0.05) is 25.2 Å². The van der Waals surface area contributed by atoms with Crippen LogP contribution in [0.15, 0.2) is 60.7 Å². The number of rotatable bonds is 6. The van der Waals surface area contributed by atoms with Crippen molar-refractivity contribution in [3.05, 3.63) is 71.8 Å². The third kappa shape index (κ3) is 6.18. The van der Waals surface area contributed by atoms with E-state index in [1.165, 1.54) is 18.6 Å². The Kier molecular flexibility index (Phi) is 6.12. The second kappa shape index (κ2) is 8.54. The quantitative estimate of drug-likeness (QED) is 0.806. The summed E-state index contributed by atoms with van der Waals surface area (Å²) < 4.78 is 0. The minimum atomic E-state index is -0.119. The molecule has 0 aliphatic carbocycles. The summed E-state index contributed by atoms with van der Waals surface area (Å²) in [5, 5.41) is 5.55. The predicted molar refractivity (Wildman–Crippen MR) is 92.9 cm³/mol. The molecule has 2 N–H and O–H groups in total. The Hall–Kier alpha value is -2.88. The van der Waals surface area contributed by atoms with Crippen molar-refractivity contribution in [1.82, 2.24) is 5.32 Å². The molecule has 2 aromatic carbocycles. The van der Waals surface area contributed by atoms with E-state index in [0.717, 1.165) is 17.7 Å². The van der Waals surface area contributed by atoms with Gasteiger partial charge < -0.3 is 10.6 Å². The average Bonchev–Trinajstić information content (AvgIpc) is 2.55. The van der Waals surface area contributed by atoms with Gasteiger partial charge in [0.05, 0.1) is 0 Å². The van der Waals surface area contributed by atoms with Gasteiger partial charge in [0.2, 0.25) is 11.8 Å². The lowest BCUT2D eigenvalue weighted by molar-refractivity contribution is -0.116. The molecule has 0 spiro atoms. The molecule has 2 amide bonds. The first-order valence-electron chi connectivity index (χ1n) is 7.51. The summed E-state index contributed by atoms with van der Waals surface area (Å²) in [4.78, 5) is 22.7. The highest BCUT2D eigenvalue weighted by atomic mass is 16.2. The molecular weight excluding hydrogens is 288 g/mol. The van der Waals surface area contributed by atoms with Crippen LogP contribution >= 0.6 is 0 Å². The van der Waals surface area contributed by atoms with Crippen molar-refractivity contribution in [2.24, 2.45) is 0 Å². The first kappa shape index (κ1) is 16.5. The van der Waals surface area contributed by atoms with Crippen molar-refractivity contribution in [2.45, 2.75) is 13.3 Å². The highest BCUT2D eigenvalue weighted by Gasteiger charge is 1.97. The van der Waals surface area contributed by atoms with E-state index in [0.29, 0.717) is 6.54 Å². The lowest BCUT2D eigenvalue weighted by atomic mass is 10.1. The number of hydrogen-bond donors (Lipinski definition) is 2. The highest BCUT2D eigenvalue weighted by Crippen LogP contribution is 2.10. The first-order valence-corrected chi connectivity index (χ1v) is 7.51. The number of carbonyl (C=O) groups excluding carboxylic acids is 2. The zero-order valence-corrected chi connectivity index (χ0v) is 13.1. The van der Waals surface area contributed by atoms with Crippen molar-refractivity contribution in [1.29, 1.82) is 0 Å². The van der Waals surface area contributed by atoms with Crippen LogP contribution in [-0.4, -0.2) is 18.4 Å². The molecule has 4 nitrogen and oxygen atoms in total. The van der Waals surface area contributed by atoms with Crippen LogP contribution in [0.1, 0.15) is 18.1 Å². The minimum absolute atomic E-state index is 0.105. The Morgan fingerprint density at radius 2 is 1.70 bits per heavy atom. The molecule has 0 aromatic heterocycles. The number of hydrogen-bond acceptors (Lipinski definition) is 2. The Morgan fingerprint density at radius 1 is 1.00 bits per heavy atom. The van der Waals surface area contributed by atoms with Gasteiger partial charge in [-0.25, -0.2) is 0 Å². The standard InChI is InChI=1S/C19H20N2O2/c1-15(22)21-18-10-7-17(8-11-18)9-12-19(23)20-14-13-16-5-3-2-4-6-16/h2-12H,13-14H2,1H3,(H,20,23)(H,21,22)/b12-9+. The summed E-state index contributed by atoms with van der Waals surface area (Å²) in [5.74, 6) is -0.224. The van der Waals surface area contributed by atoms with Crippen LogP contribution in [0.25, 0.3) is 6.08 Å². The Morgan fingerprint density at radius 3 is 2.35 bits per heavy atom. The molecule has 23 heavy (non-hydrogen) atoms. The Balaban J connectivity index is 1.78. The van der Waals surface area contributed by atoms with E-state index >= 15 is 0 Å². The van der Waals surface area contributed by atoms with E-state index in [1.54, 1.807) is 18.2 Å². The summed E-state index contributed by atoms with van der Waals surface area (Å²) in [5.41, 5.74) is 2.84. The van der Waals surface area contributed by atoms with E-state index in [1.807, 2.05) is 42.5 Å². The van der Waals surface area contributed by atoms with Crippen LogP contribution in [0, 0.1) is 0 Å². The molecule has 0 atom stereocenters. The summed E-state index contributed by atoms with van der Waals surface area (Å²) >= 11 is 0. The second-order valence-corrected chi connectivity index (χ2v) is 5.16. The van der Waals surface area contributed by atoms with Crippen LogP contribution in [0.2, 0.25) is 0 Å².